The number of carbonyl (C=O) groups excluding carboxylic acids is 2. The van der Waals surface area contributed by atoms with Crippen LogP contribution in [0.25, 0.3) is 0 Å². The van der Waals surface area contributed by atoms with Crippen LogP contribution in [0.15, 0.2) is 0 Å². The number of carboxylic acid groups (broad SMARTS) is 1. The average molecular weight is 531 g/mol. The molecule has 0 heterocycles. The molecule has 0 aliphatic rings. The van der Waals surface area contributed by atoms with Crippen molar-refractivity contribution in [3.8, 4) is 0 Å². The molecule has 0 fully saturated rings. The number of rotatable bonds is 25. The van der Waals surface area contributed by atoms with Crippen LogP contribution in [0.3, 0.4) is 0 Å². The van der Waals surface area contributed by atoms with Crippen molar-refractivity contribution in [1.29, 1.82) is 0 Å². The molecule has 8 nitrogen and oxygen atoms in total. The maximum absolute atomic E-state index is 11.4. The summed E-state index contributed by atoms with van der Waals surface area (Å²) in [5, 5.41) is 10.7. The lowest BCUT2D eigenvalue weighted by Gasteiger charge is -2.05. The number of nitrogens with two attached hydrogens (primary N) is 1. The molecule has 4 N–H and O–H groups in total. The van der Waals surface area contributed by atoms with Gasteiger partial charge in [-0.3, -0.25) is 9.59 Å². The Bertz CT molecular complexity index is 517. The molecule has 1 amide bonds. The summed E-state index contributed by atoms with van der Waals surface area (Å²) in [5.41, 5.74) is 5.39. The zero-order valence-electron chi connectivity index (χ0n) is 24.0. The maximum atomic E-state index is 11.4. The van der Waals surface area contributed by atoms with Crippen LogP contribution in [-0.2, 0) is 19.1 Å². The third-order valence-electron chi connectivity index (χ3n) is 5.94. The van der Waals surface area contributed by atoms with Gasteiger partial charge in [-0.1, -0.05) is 90.9 Å². The van der Waals surface area contributed by atoms with Gasteiger partial charge < -0.3 is 25.6 Å². The summed E-state index contributed by atoms with van der Waals surface area (Å²) in [6.07, 6.45) is 19.6. The summed E-state index contributed by atoms with van der Waals surface area (Å²) >= 11 is 0. The SMILES string of the molecule is CCCCCCCOC(=O)CCCCCCN.CCCCCCCOC(=O)CCCCCCNC(=O)O. The minimum absolute atomic E-state index is 0.0340. The number of hydrogen-bond donors (Lipinski definition) is 3. The smallest absolute Gasteiger partial charge is 0.404 e. The molecule has 0 rings (SSSR count). The van der Waals surface area contributed by atoms with Crippen LogP contribution >= 0.6 is 0 Å². The van der Waals surface area contributed by atoms with Gasteiger partial charge >= 0.3 is 18.0 Å². The Morgan fingerprint density at radius 3 is 1.43 bits per heavy atom. The number of unbranched alkanes of at least 4 members (excludes halogenated alkanes) is 14. The average Bonchev–Trinajstić information content (AvgIpc) is 2.87. The van der Waals surface area contributed by atoms with E-state index in [1.165, 1.54) is 44.9 Å². The number of esters is 2. The first-order valence-corrected chi connectivity index (χ1v) is 15.0. The molecule has 0 aliphatic carbocycles. The van der Waals surface area contributed by atoms with E-state index in [1.807, 2.05) is 0 Å². The zero-order chi connectivity index (χ0) is 27.8. The van der Waals surface area contributed by atoms with E-state index in [9.17, 15) is 14.4 Å². The van der Waals surface area contributed by atoms with E-state index in [2.05, 4.69) is 19.2 Å². The van der Waals surface area contributed by atoms with Gasteiger partial charge in [-0.05, 0) is 45.1 Å². The van der Waals surface area contributed by atoms with E-state index < -0.39 is 6.09 Å². The van der Waals surface area contributed by atoms with Gasteiger partial charge in [0.15, 0.2) is 0 Å². The first kappa shape index (κ1) is 37.3. The highest BCUT2D eigenvalue weighted by Gasteiger charge is 2.03. The largest absolute Gasteiger partial charge is 0.466 e. The molecular weight excluding hydrogens is 472 g/mol. The summed E-state index contributed by atoms with van der Waals surface area (Å²) in [4.78, 5) is 32.9. The van der Waals surface area contributed by atoms with Crippen LogP contribution < -0.4 is 11.1 Å². The van der Waals surface area contributed by atoms with Gasteiger partial charge in [-0.2, -0.15) is 0 Å². The molecule has 37 heavy (non-hydrogen) atoms. The minimum Gasteiger partial charge on any atom is -0.466 e. The third-order valence-corrected chi connectivity index (χ3v) is 5.94. The first-order valence-electron chi connectivity index (χ1n) is 15.0. The predicted molar refractivity (Wildman–Crippen MR) is 151 cm³/mol. The van der Waals surface area contributed by atoms with Gasteiger partial charge in [0.2, 0.25) is 0 Å². The predicted octanol–water partition coefficient (Wildman–Crippen LogP) is 7.13. The van der Waals surface area contributed by atoms with Crippen molar-refractivity contribution < 1.29 is 29.0 Å². The van der Waals surface area contributed by atoms with Crippen LogP contribution in [0.2, 0.25) is 0 Å². The molecule has 0 aromatic rings. The quantitative estimate of drug-likeness (QED) is 0.0846. The highest BCUT2D eigenvalue weighted by molar-refractivity contribution is 5.69. The van der Waals surface area contributed by atoms with Crippen LogP contribution in [0, 0.1) is 0 Å². The molecule has 0 saturated heterocycles. The fourth-order valence-electron chi connectivity index (χ4n) is 3.64. The van der Waals surface area contributed by atoms with Gasteiger partial charge in [-0.25, -0.2) is 4.79 Å². The van der Waals surface area contributed by atoms with Gasteiger partial charge in [0, 0.05) is 19.4 Å². The van der Waals surface area contributed by atoms with E-state index in [-0.39, 0.29) is 11.9 Å². The van der Waals surface area contributed by atoms with Gasteiger partial charge in [0.25, 0.3) is 0 Å². The van der Waals surface area contributed by atoms with Crippen molar-refractivity contribution in [2.45, 2.75) is 142 Å². The van der Waals surface area contributed by atoms with Gasteiger partial charge in [0.1, 0.15) is 0 Å². The Labute approximate surface area is 226 Å². The molecule has 220 valence electrons. The van der Waals surface area contributed by atoms with E-state index in [0.29, 0.717) is 32.6 Å². The lowest BCUT2D eigenvalue weighted by Crippen LogP contribution is -2.21. The molecule has 8 heteroatoms. The molecular formula is C29H58N2O6. The second-order valence-electron chi connectivity index (χ2n) is 9.62. The summed E-state index contributed by atoms with van der Waals surface area (Å²) in [6, 6.07) is 0. The summed E-state index contributed by atoms with van der Waals surface area (Å²) in [6.45, 7) is 6.76. The first-order chi connectivity index (χ1) is 18.0. The van der Waals surface area contributed by atoms with E-state index in [1.54, 1.807) is 0 Å². The fraction of sp³-hybridized carbons (Fsp3) is 0.897. The summed E-state index contributed by atoms with van der Waals surface area (Å²) in [7, 11) is 0. The monoisotopic (exact) mass is 530 g/mol. The van der Waals surface area contributed by atoms with Crippen molar-refractivity contribution in [2.24, 2.45) is 5.73 Å². The summed E-state index contributed by atoms with van der Waals surface area (Å²) in [5.74, 6) is -0.141. The number of ether oxygens (including phenoxy) is 2. The number of carbonyl (C=O) groups is 3. The molecule has 0 aromatic heterocycles. The molecule has 0 radical (unpaired) electrons. The fourth-order valence-corrected chi connectivity index (χ4v) is 3.64. The molecule has 0 bridgehead atoms. The third kappa shape index (κ3) is 36.4. The minimum atomic E-state index is -0.979. The van der Waals surface area contributed by atoms with E-state index >= 15 is 0 Å². The molecule has 0 aliphatic heterocycles. The maximum Gasteiger partial charge on any atom is 0.404 e. The lowest BCUT2D eigenvalue weighted by molar-refractivity contribution is -0.144. The Hall–Kier alpha value is -1.83. The lowest BCUT2D eigenvalue weighted by atomic mass is 10.1. The number of nitrogens with one attached hydrogen (secondary N) is 1. The molecule has 0 aromatic carbocycles. The van der Waals surface area contributed by atoms with Crippen LogP contribution in [-0.4, -0.2) is 49.4 Å². The van der Waals surface area contributed by atoms with Crippen molar-refractivity contribution in [1.82, 2.24) is 5.32 Å². The van der Waals surface area contributed by atoms with Gasteiger partial charge in [-0.15, -0.1) is 0 Å². The van der Waals surface area contributed by atoms with Crippen molar-refractivity contribution in [2.75, 3.05) is 26.3 Å². The Morgan fingerprint density at radius 2 is 1.00 bits per heavy atom. The van der Waals surface area contributed by atoms with E-state index in [4.69, 9.17) is 20.3 Å². The van der Waals surface area contributed by atoms with Crippen LogP contribution in [0.4, 0.5) is 4.79 Å². The topological polar surface area (TPSA) is 128 Å². The van der Waals surface area contributed by atoms with Crippen LogP contribution in [0.1, 0.15) is 142 Å². The zero-order valence-corrected chi connectivity index (χ0v) is 24.0. The van der Waals surface area contributed by atoms with Crippen molar-refractivity contribution in [3.63, 3.8) is 0 Å². The van der Waals surface area contributed by atoms with Crippen LogP contribution in [0.5, 0.6) is 0 Å². The normalized spacial score (nSPS) is 10.4. The molecule has 0 unspecified atom stereocenters. The van der Waals surface area contributed by atoms with Crippen molar-refractivity contribution in [3.05, 3.63) is 0 Å². The second kappa shape index (κ2) is 32.2. The Kier molecular flexibility index (Phi) is 32.5. The second-order valence-corrected chi connectivity index (χ2v) is 9.62. The Balaban J connectivity index is 0. The summed E-state index contributed by atoms with van der Waals surface area (Å²) < 4.78 is 10.3. The van der Waals surface area contributed by atoms with Crippen molar-refractivity contribution >= 4 is 18.0 Å². The number of hydrogen-bond acceptors (Lipinski definition) is 6. The highest BCUT2D eigenvalue weighted by Crippen LogP contribution is 2.07. The highest BCUT2D eigenvalue weighted by atomic mass is 16.5. The van der Waals surface area contributed by atoms with Gasteiger partial charge in [0.05, 0.1) is 13.2 Å². The van der Waals surface area contributed by atoms with E-state index in [0.717, 1.165) is 77.2 Å². The Morgan fingerprint density at radius 1 is 0.595 bits per heavy atom. The molecule has 0 spiro atoms. The molecule has 0 saturated carbocycles. The number of amides is 1. The standard InChI is InChI=1S/C15H29NO4.C14H29NO2/c1-2-3-4-7-10-13-20-14(17)11-8-5-6-9-12-16-15(18)19;1-2-3-4-7-10-13-17-14(16)11-8-5-6-9-12-15/h16H,2-13H2,1H3,(H,18,19);2-13,15H2,1H3. The molecule has 0 atom stereocenters.